The van der Waals surface area contributed by atoms with Crippen LogP contribution in [0.5, 0.6) is 0 Å². The topological polar surface area (TPSA) is 96.8 Å². The third-order valence-electron chi connectivity index (χ3n) is 1.30. The fraction of sp³-hybridized carbons (Fsp3) is 0.286. The Morgan fingerprint density at radius 1 is 1.86 bits per heavy atom. The van der Waals surface area contributed by atoms with E-state index in [9.17, 15) is 4.79 Å². The highest BCUT2D eigenvalue weighted by atomic mass is 16.8. The molecule has 1 aromatic rings. The zero-order chi connectivity index (χ0) is 10.4. The van der Waals surface area contributed by atoms with Gasteiger partial charge in [-0.25, -0.2) is 4.79 Å². The summed E-state index contributed by atoms with van der Waals surface area (Å²) in [6.07, 6.45) is 1.40. The maximum absolute atomic E-state index is 10.1. The molecular weight excluding hydrogens is 190 g/mol. The van der Waals surface area contributed by atoms with Gasteiger partial charge >= 0.3 is 5.97 Å². The summed E-state index contributed by atoms with van der Waals surface area (Å²) in [6.45, 7) is 0. The molecule has 0 aliphatic heterocycles. The smallest absolute Gasteiger partial charge is 0.350 e. The van der Waals surface area contributed by atoms with Gasteiger partial charge in [0.1, 0.15) is 5.69 Å². The average Bonchev–Trinajstić information content (AvgIpc) is 2.64. The van der Waals surface area contributed by atoms with E-state index in [1.807, 2.05) is 0 Å². The summed E-state index contributed by atoms with van der Waals surface area (Å²) < 4.78 is 4.87. The number of carboxylic acid groups (broad SMARTS) is 1. The van der Waals surface area contributed by atoms with Crippen molar-refractivity contribution in [2.24, 2.45) is 5.16 Å². The molecule has 1 atom stereocenters. The predicted molar refractivity (Wildman–Crippen MR) is 45.6 cm³/mol. The number of aromatic amines is 1. The van der Waals surface area contributed by atoms with E-state index in [1.165, 1.54) is 7.11 Å². The third-order valence-corrected chi connectivity index (χ3v) is 1.30. The van der Waals surface area contributed by atoms with Gasteiger partial charge in [0.25, 0.3) is 6.29 Å². The maximum atomic E-state index is 10.1. The van der Waals surface area contributed by atoms with E-state index < -0.39 is 12.3 Å². The Morgan fingerprint density at radius 3 is 3.14 bits per heavy atom. The number of ether oxygens (including phenoxy) is 1. The minimum atomic E-state index is -1.19. The van der Waals surface area contributed by atoms with Gasteiger partial charge in [0.2, 0.25) is 0 Å². The molecule has 1 unspecified atom stereocenters. The average molecular weight is 199 g/mol. The van der Waals surface area contributed by atoms with E-state index >= 15 is 0 Å². The Balaban J connectivity index is 2.52. The quantitative estimate of drug-likeness (QED) is 0.399. The Morgan fingerprint density at radius 2 is 2.64 bits per heavy atom. The van der Waals surface area contributed by atoms with Gasteiger partial charge in [-0.15, -0.1) is 0 Å². The van der Waals surface area contributed by atoms with Gasteiger partial charge in [0.15, 0.2) is 6.21 Å². The zero-order valence-electron chi connectivity index (χ0n) is 7.38. The molecule has 7 nitrogen and oxygen atoms in total. The molecule has 0 saturated heterocycles. The van der Waals surface area contributed by atoms with Gasteiger partial charge in [-0.3, -0.25) is 5.10 Å². The number of carboxylic acids is 1. The van der Waals surface area contributed by atoms with E-state index in [-0.39, 0.29) is 0 Å². The predicted octanol–water partition coefficient (Wildman–Crippen LogP) is 0.142. The highest BCUT2D eigenvalue weighted by Gasteiger charge is 2.13. The van der Waals surface area contributed by atoms with Crippen LogP contribution in [0.1, 0.15) is 12.0 Å². The van der Waals surface area contributed by atoms with Crippen LogP contribution in [0, 0.1) is 0 Å². The molecule has 2 N–H and O–H groups in total. The molecular formula is C7H9N3O4. The van der Waals surface area contributed by atoms with Crippen molar-refractivity contribution < 1.29 is 19.5 Å². The number of nitrogens with one attached hydrogen (secondary N) is 1. The molecule has 1 rings (SSSR count). The lowest BCUT2D eigenvalue weighted by Gasteiger charge is -2.08. The van der Waals surface area contributed by atoms with Crippen LogP contribution >= 0.6 is 0 Å². The van der Waals surface area contributed by atoms with Crippen molar-refractivity contribution in [3.63, 3.8) is 0 Å². The Labute approximate surface area is 79.3 Å². The molecule has 0 saturated carbocycles. The van der Waals surface area contributed by atoms with Gasteiger partial charge in [0, 0.05) is 13.3 Å². The molecule has 0 aromatic carbocycles. The fourth-order valence-corrected chi connectivity index (χ4v) is 0.752. The molecule has 0 spiro atoms. The Kier molecular flexibility index (Phi) is 3.62. The molecule has 76 valence electrons. The minimum absolute atomic E-state index is 0.482. The zero-order valence-corrected chi connectivity index (χ0v) is 7.38. The second kappa shape index (κ2) is 4.97. The second-order valence-electron chi connectivity index (χ2n) is 2.24. The van der Waals surface area contributed by atoms with Crippen LogP contribution in [-0.2, 0) is 14.4 Å². The summed E-state index contributed by atoms with van der Waals surface area (Å²) in [7, 11) is 1.40. The number of nitrogens with zero attached hydrogens (tertiary/aromatic N) is 2. The summed E-state index contributed by atoms with van der Waals surface area (Å²) >= 11 is 0. The fourth-order valence-electron chi connectivity index (χ4n) is 0.752. The number of H-pyrrole nitrogens is 1. The number of aromatic nitrogens is 2. The molecule has 1 heterocycles. The van der Waals surface area contributed by atoms with Crippen molar-refractivity contribution in [3.05, 3.63) is 18.0 Å². The van der Waals surface area contributed by atoms with Crippen molar-refractivity contribution >= 4 is 12.2 Å². The first-order chi connectivity index (χ1) is 6.74. The molecule has 0 bridgehead atoms. The summed E-state index contributed by atoms with van der Waals surface area (Å²) in [4.78, 5) is 14.8. The molecule has 1 aromatic heterocycles. The number of aliphatic carboxylic acids is 1. The van der Waals surface area contributed by atoms with E-state index in [1.54, 1.807) is 12.3 Å². The lowest BCUT2D eigenvalue weighted by atomic mass is 10.4. The van der Waals surface area contributed by atoms with Gasteiger partial charge < -0.3 is 14.7 Å². The highest BCUT2D eigenvalue weighted by molar-refractivity contribution is 6.21. The number of hydrogen-bond donors (Lipinski definition) is 2. The van der Waals surface area contributed by atoms with Crippen molar-refractivity contribution in [1.82, 2.24) is 10.2 Å². The number of carbonyl (C=O) groups is 1. The molecule has 7 heteroatoms. The Hall–Kier alpha value is -1.89. The van der Waals surface area contributed by atoms with Crippen LogP contribution < -0.4 is 0 Å². The lowest BCUT2D eigenvalue weighted by Crippen LogP contribution is -2.05. The van der Waals surface area contributed by atoms with Crippen LogP contribution in [0.3, 0.4) is 0 Å². The van der Waals surface area contributed by atoms with Gasteiger partial charge in [-0.05, 0) is 6.07 Å². The standard InChI is InChI=1S/C7H9N3O4/c1-13-7(5-2-3-8-10-5)14-9-4-6(11)12/h2-4,7H,1H3,(H,8,10)(H,11,12). The van der Waals surface area contributed by atoms with Crippen molar-refractivity contribution in [2.75, 3.05) is 7.11 Å². The van der Waals surface area contributed by atoms with Crippen LogP contribution in [0.2, 0.25) is 0 Å². The number of methoxy groups -OCH3 is 1. The Bertz CT molecular complexity index is 309. The lowest BCUT2D eigenvalue weighted by molar-refractivity contribution is -0.134. The molecule has 0 amide bonds. The first-order valence-corrected chi connectivity index (χ1v) is 3.68. The maximum Gasteiger partial charge on any atom is 0.350 e. The first kappa shape index (κ1) is 10.2. The normalized spacial score (nSPS) is 12.9. The number of rotatable bonds is 5. The first-order valence-electron chi connectivity index (χ1n) is 3.68. The highest BCUT2D eigenvalue weighted by Crippen LogP contribution is 2.14. The van der Waals surface area contributed by atoms with Gasteiger partial charge in [-0.2, -0.15) is 5.10 Å². The summed E-state index contributed by atoms with van der Waals surface area (Å²) in [6, 6.07) is 1.63. The van der Waals surface area contributed by atoms with E-state index in [0.717, 1.165) is 0 Å². The van der Waals surface area contributed by atoms with Crippen molar-refractivity contribution in [3.8, 4) is 0 Å². The minimum Gasteiger partial charge on any atom is -0.477 e. The number of oxime groups is 1. The van der Waals surface area contributed by atoms with Crippen LogP contribution in [0.4, 0.5) is 0 Å². The van der Waals surface area contributed by atoms with Crippen LogP contribution in [0.15, 0.2) is 17.4 Å². The van der Waals surface area contributed by atoms with E-state index in [2.05, 4.69) is 15.4 Å². The number of hydrogen-bond acceptors (Lipinski definition) is 5. The largest absolute Gasteiger partial charge is 0.477 e. The third kappa shape index (κ3) is 2.87. The molecule has 0 fully saturated rings. The monoisotopic (exact) mass is 199 g/mol. The SMILES string of the molecule is COC(ON=CC(=O)O)c1cc[nH]n1. The van der Waals surface area contributed by atoms with Crippen molar-refractivity contribution in [1.29, 1.82) is 0 Å². The summed E-state index contributed by atoms with van der Waals surface area (Å²) in [5.74, 6) is -1.19. The molecule has 0 aliphatic carbocycles. The van der Waals surface area contributed by atoms with Gasteiger partial charge in [-0.1, -0.05) is 5.16 Å². The van der Waals surface area contributed by atoms with Crippen LogP contribution in [-0.4, -0.2) is 34.6 Å². The van der Waals surface area contributed by atoms with Crippen molar-refractivity contribution in [2.45, 2.75) is 6.29 Å². The molecule has 0 radical (unpaired) electrons. The van der Waals surface area contributed by atoms with E-state index in [4.69, 9.17) is 14.7 Å². The summed E-state index contributed by atoms with van der Waals surface area (Å²) in [5, 5.41) is 17.8. The van der Waals surface area contributed by atoms with Crippen LogP contribution in [0.25, 0.3) is 0 Å². The van der Waals surface area contributed by atoms with E-state index in [0.29, 0.717) is 11.9 Å². The summed E-state index contributed by atoms with van der Waals surface area (Å²) in [5.41, 5.74) is 0.482. The molecule has 0 aliphatic rings. The second-order valence-corrected chi connectivity index (χ2v) is 2.24. The molecule has 14 heavy (non-hydrogen) atoms. The van der Waals surface area contributed by atoms with Gasteiger partial charge in [0.05, 0.1) is 0 Å².